The van der Waals surface area contributed by atoms with Crippen LogP contribution in [0.2, 0.25) is 0 Å². The summed E-state index contributed by atoms with van der Waals surface area (Å²) in [5, 5.41) is 0. The normalized spacial score (nSPS) is 19.0. The molecule has 0 saturated carbocycles. The maximum Gasteiger partial charge on any atom is 0.339 e. The zero-order chi connectivity index (χ0) is 30.9. The van der Waals surface area contributed by atoms with Gasteiger partial charge in [0, 0.05) is 0 Å². The summed E-state index contributed by atoms with van der Waals surface area (Å²) in [5.41, 5.74) is -1.88. The van der Waals surface area contributed by atoms with Crippen LogP contribution in [0.1, 0.15) is 41.4 Å². The molecule has 0 spiro atoms. The van der Waals surface area contributed by atoms with Crippen LogP contribution in [0.3, 0.4) is 0 Å². The minimum absolute atomic E-state index is 0.0783. The number of ketones is 1. The summed E-state index contributed by atoms with van der Waals surface area (Å²) in [5.74, 6) is -4.32. The average Bonchev–Trinajstić information content (AvgIpc) is 3.08. The Bertz CT molecular complexity index is 1670. The van der Waals surface area contributed by atoms with Crippen molar-refractivity contribution in [2.75, 3.05) is 6.61 Å². The maximum absolute atomic E-state index is 13.8. The van der Waals surface area contributed by atoms with Crippen LogP contribution in [0.5, 0.6) is 0 Å². The summed E-state index contributed by atoms with van der Waals surface area (Å²) in [6.45, 7) is -0.853. The lowest BCUT2D eigenvalue weighted by molar-refractivity contribution is -0.168. The topological polar surface area (TPSA) is 122 Å². The van der Waals surface area contributed by atoms with Crippen LogP contribution in [0.15, 0.2) is 133 Å². The molecule has 0 saturated heterocycles. The summed E-state index contributed by atoms with van der Waals surface area (Å²) in [6.07, 6.45) is -0.895. The van der Waals surface area contributed by atoms with Gasteiger partial charge in [0.1, 0.15) is 6.61 Å². The number of hydrogen-bond donors (Lipinski definition) is 0. The minimum atomic E-state index is -2.43. The molecule has 0 bridgehead atoms. The number of benzene rings is 4. The summed E-state index contributed by atoms with van der Waals surface area (Å²) in [7, 11) is 0. The van der Waals surface area contributed by atoms with Crippen molar-refractivity contribution < 1.29 is 42.9 Å². The molecular weight excluding hydrogens is 564 g/mol. The molecular formula is C35H26O9. The SMILES string of the molecule is O=C(OC[C@]1(OC(=O)c2ccccc2)C(=O)C=C[C@H](OC(=O)c2ccccc2)[C@H]1OC(=O)c1ccccc1)c1ccccc1. The number of hydrogen-bond acceptors (Lipinski definition) is 9. The number of rotatable bonds is 9. The van der Waals surface area contributed by atoms with Gasteiger partial charge in [0.15, 0.2) is 12.2 Å². The quantitative estimate of drug-likeness (QED) is 0.195. The molecule has 0 amide bonds. The second kappa shape index (κ2) is 13.4. The van der Waals surface area contributed by atoms with Gasteiger partial charge >= 0.3 is 23.9 Å². The number of carbonyl (C=O) groups excluding carboxylic acids is 5. The third-order valence-electron chi connectivity index (χ3n) is 6.82. The predicted molar refractivity (Wildman–Crippen MR) is 157 cm³/mol. The first-order valence-corrected chi connectivity index (χ1v) is 13.6. The van der Waals surface area contributed by atoms with Gasteiger partial charge in [0.25, 0.3) is 0 Å². The number of carbonyl (C=O) groups is 5. The summed E-state index contributed by atoms with van der Waals surface area (Å²) >= 11 is 0. The van der Waals surface area contributed by atoms with Gasteiger partial charge in [-0.2, -0.15) is 0 Å². The highest BCUT2D eigenvalue weighted by atomic mass is 16.6. The van der Waals surface area contributed by atoms with Crippen molar-refractivity contribution in [1.82, 2.24) is 0 Å². The van der Waals surface area contributed by atoms with Gasteiger partial charge in [-0.3, -0.25) is 4.79 Å². The lowest BCUT2D eigenvalue weighted by Gasteiger charge is -2.41. The zero-order valence-corrected chi connectivity index (χ0v) is 23.2. The van der Waals surface area contributed by atoms with E-state index in [2.05, 4.69) is 0 Å². The molecule has 0 aromatic heterocycles. The van der Waals surface area contributed by atoms with E-state index in [-0.39, 0.29) is 22.3 Å². The van der Waals surface area contributed by atoms with Crippen molar-refractivity contribution in [3.8, 4) is 0 Å². The molecule has 1 aliphatic rings. The van der Waals surface area contributed by atoms with E-state index >= 15 is 0 Å². The van der Waals surface area contributed by atoms with Gasteiger partial charge in [-0.05, 0) is 60.7 Å². The summed E-state index contributed by atoms with van der Waals surface area (Å²) < 4.78 is 22.9. The van der Waals surface area contributed by atoms with Gasteiger partial charge in [0.05, 0.1) is 22.3 Å². The van der Waals surface area contributed by atoms with Gasteiger partial charge in [0.2, 0.25) is 11.4 Å². The Balaban J connectivity index is 1.56. The van der Waals surface area contributed by atoms with Gasteiger partial charge < -0.3 is 18.9 Å². The summed E-state index contributed by atoms with van der Waals surface area (Å²) in [4.78, 5) is 66.7. The van der Waals surface area contributed by atoms with E-state index in [1.807, 2.05) is 0 Å². The highest BCUT2D eigenvalue weighted by Crippen LogP contribution is 2.33. The molecule has 220 valence electrons. The molecule has 0 aliphatic heterocycles. The molecule has 0 radical (unpaired) electrons. The van der Waals surface area contributed by atoms with Gasteiger partial charge in [-0.15, -0.1) is 0 Å². The zero-order valence-electron chi connectivity index (χ0n) is 23.2. The molecule has 4 aromatic carbocycles. The van der Waals surface area contributed by atoms with E-state index in [0.717, 1.165) is 6.08 Å². The first-order valence-electron chi connectivity index (χ1n) is 13.6. The lowest BCUT2D eigenvalue weighted by Crippen LogP contribution is -2.63. The van der Waals surface area contributed by atoms with Crippen molar-refractivity contribution in [3.63, 3.8) is 0 Å². The first kappa shape index (κ1) is 29.7. The standard InChI is InChI=1S/C35H26O9/c36-29-22-21-28(42-32(38)25-15-7-2-8-16-25)30(43-33(39)26-17-9-3-10-18-26)35(29,44-34(40)27-19-11-4-12-20-27)23-41-31(37)24-13-5-1-6-14-24/h1-22,28,30H,23H2/t28-,30+,35-/m0/s1. The Labute approximate surface area is 252 Å². The second-order valence-electron chi connectivity index (χ2n) is 9.74. The first-order chi connectivity index (χ1) is 21.4. The minimum Gasteiger partial charge on any atom is -0.457 e. The van der Waals surface area contributed by atoms with E-state index in [9.17, 15) is 24.0 Å². The largest absolute Gasteiger partial charge is 0.457 e. The van der Waals surface area contributed by atoms with Crippen molar-refractivity contribution in [2.45, 2.75) is 17.8 Å². The number of ether oxygens (including phenoxy) is 4. The van der Waals surface area contributed by atoms with Crippen molar-refractivity contribution >= 4 is 29.7 Å². The van der Waals surface area contributed by atoms with Gasteiger partial charge in [-0.25, -0.2) is 19.2 Å². The van der Waals surface area contributed by atoms with Crippen LogP contribution in [0.25, 0.3) is 0 Å². The molecule has 3 atom stereocenters. The maximum atomic E-state index is 13.8. The fraction of sp³-hybridized carbons (Fsp3) is 0.114. The van der Waals surface area contributed by atoms with Gasteiger partial charge in [-0.1, -0.05) is 72.8 Å². The molecule has 0 heterocycles. The number of esters is 4. The van der Waals surface area contributed by atoms with Crippen LogP contribution in [0, 0.1) is 0 Å². The monoisotopic (exact) mass is 590 g/mol. The Hall–Kier alpha value is -5.83. The van der Waals surface area contributed by atoms with Crippen molar-refractivity contribution in [3.05, 3.63) is 156 Å². The third kappa shape index (κ3) is 6.63. The van der Waals surface area contributed by atoms with E-state index in [0.29, 0.717) is 0 Å². The van der Waals surface area contributed by atoms with E-state index in [4.69, 9.17) is 18.9 Å². The lowest BCUT2D eigenvalue weighted by atomic mass is 9.83. The Morgan fingerprint density at radius 2 is 0.955 bits per heavy atom. The smallest absolute Gasteiger partial charge is 0.339 e. The Kier molecular flexibility index (Phi) is 9.05. The fourth-order valence-electron chi connectivity index (χ4n) is 4.54. The molecule has 1 aliphatic carbocycles. The second-order valence-corrected chi connectivity index (χ2v) is 9.74. The summed E-state index contributed by atoms with van der Waals surface area (Å²) in [6, 6.07) is 31.7. The van der Waals surface area contributed by atoms with Crippen LogP contribution >= 0.6 is 0 Å². The van der Waals surface area contributed by atoms with Crippen molar-refractivity contribution in [1.29, 1.82) is 0 Å². The van der Waals surface area contributed by atoms with Crippen LogP contribution in [0.4, 0.5) is 0 Å². The van der Waals surface area contributed by atoms with E-state index in [1.54, 1.807) is 72.8 Å². The van der Waals surface area contributed by atoms with E-state index in [1.165, 1.54) is 54.6 Å². The van der Waals surface area contributed by atoms with Crippen LogP contribution in [-0.4, -0.2) is 54.1 Å². The third-order valence-corrected chi connectivity index (χ3v) is 6.82. The fourth-order valence-corrected chi connectivity index (χ4v) is 4.54. The Morgan fingerprint density at radius 1 is 0.545 bits per heavy atom. The molecule has 0 unspecified atom stereocenters. The highest BCUT2D eigenvalue weighted by molar-refractivity contribution is 6.03. The van der Waals surface area contributed by atoms with E-state index < -0.39 is 54.1 Å². The molecule has 0 fully saturated rings. The molecule has 9 nitrogen and oxygen atoms in total. The van der Waals surface area contributed by atoms with Crippen molar-refractivity contribution in [2.24, 2.45) is 0 Å². The molecule has 9 heteroatoms. The molecule has 5 rings (SSSR count). The highest BCUT2D eigenvalue weighted by Gasteiger charge is 2.58. The average molecular weight is 591 g/mol. The van der Waals surface area contributed by atoms with Crippen LogP contribution in [-0.2, 0) is 23.7 Å². The molecule has 0 N–H and O–H groups in total. The Morgan fingerprint density at radius 3 is 1.43 bits per heavy atom. The molecule has 44 heavy (non-hydrogen) atoms. The predicted octanol–water partition coefficient (Wildman–Crippen LogP) is 5.03. The molecule has 4 aromatic rings. The van der Waals surface area contributed by atoms with Crippen LogP contribution < -0.4 is 0 Å².